The van der Waals surface area contributed by atoms with E-state index in [1.165, 1.54) is 23.9 Å². The Hall–Kier alpha value is -3.07. The maximum absolute atomic E-state index is 13.9. The van der Waals surface area contributed by atoms with E-state index in [-0.39, 0.29) is 17.7 Å². The summed E-state index contributed by atoms with van der Waals surface area (Å²) in [5.74, 6) is 1.30. The van der Waals surface area contributed by atoms with E-state index in [1.807, 2.05) is 45.2 Å². The van der Waals surface area contributed by atoms with Gasteiger partial charge in [0.05, 0.1) is 18.0 Å². The lowest BCUT2D eigenvalue weighted by atomic mass is 10.2. The van der Waals surface area contributed by atoms with Gasteiger partial charge in [-0.3, -0.25) is 4.79 Å². The van der Waals surface area contributed by atoms with Crippen LogP contribution in [-0.2, 0) is 11.8 Å². The van der Waals surface area contributed by atoms with Gasteiger partial charge in [0.1, 0.15) is 17.3 Å². The zero-order valence-electron chi connectivity index (χ0n) is 17.8. The average Bonchev–Trinajstić information content (AvgIpc) is 3.14. The van der Waals surface area contributed by atoms with Crippen molar-refractivity contribution in [3.63, 3.8) is 0 Å². The van der Waals surface area contributed by atoms with Gasteiger partial charge in [-0.05, 0) is 49.7 Å². The van der Waals surface area contributed by atoms with Crippen LogP contribution in [0.25, 0.3) is 0 Å². The fourth-order valence-electron chi connectivity index (χ4n) is 2.92. The Morgan fingerprint density at radius 2 is 1.84 bits per heavy atom. The molecule has 2 unspecified atom stereocenters. The lowest BCUT2D eigenvalue weighted by Crippen LogP contribution is -2.25. The third-order valence-electron chi connectivity index (χ3n) is 4.65. The summed E-state index contributed by atoms with van der Waals surface area (Å²) in [5, 5.41) is 11.2. The van der Waals surface area contributed by atoms with Crippen LogP contribution in [0.2, 0.25) is 0 Å². The Morgan fingerprint density at radius 1 is 1.16 bits per heavy atom. The van der Waals surface area contributed by atoms with Gasteiger partial charge in [0.15, 0.2) is 17.1 Å². The number of carbonyl (C=O) groups excluding carboxylic acids is 1. The topological polar surface area (TPSA) is 78.3 Å². The maximum atomic E-state index is 13.9. The molecule has 0 bridgehead atoms. The lowest BCUT2D eigenvalue weighted by Gasteiger charge is -2.16. The van der Waals surface area contributed by atoms with Crippen LogP contribution >= 0.6 is 11.8 Å². The summed E-state index contributed by atoms with van der Waals surface area (Å²) in [7, 11) is 3.43. The van der Waals surface area contributed by atoms with Crippen LogP contribution in [0.3, 0.4) is 0 Å². The monoisotopic (exact) mass is 444 g/mol. The van der Waals surface area contributed by atoms with Crippen molar-refractivity contribution >= 4 is 23.4 Å². The van der Waals surface area contributed by atoms with E-state index in [4.69, 9.17) is 9.47 Å². The van der Waals surface area contributed by atoms with E-state index in [0.717, 1.165) is 5.75 Å². The number of aromatic nitrogens is 3. The molecule has 2 atom stereocenters. The van der Waals surface area contributed by atoms with Gasteiger partial charge in [0.25, 0.3) is 0 Å². The Bertz CT molecular complexity index is 1030. The molecule has 0 fully saturated rings. The highest BCUT2D eigenvalue weighted by Gasteiger charge is 2.24. The Kier molecular flexibility index (Phi) is 7.51. The Labute approximate surface area is 185 Å². The van der Waals surface area contributed by atoms with Crippen LogP contribution in [0.4, 0.5) is 10.1 Å². The highest BCUT2D eigenvalue weighted by molar-refractivity contribution is 8.00. The number of amides is 1. The second-order valence-electron chi connectivity index (χ2n) is 6.82. The first kappa shape index (κ1) is 22.6. The van der Waals surface area contributed by atoms with Gasteiger partial charge in [-0.2, -0.15) is 0 Å². The molecular formula is C22H25FN4O3S. The molecule has 0 saturated heterocycles. The molecule has 3 aromatic rings. The Morgan fingerprint density at radius 3 is 2.48 bits per heavy atom. The van der Waals surface area contributed by atoms with E-state index >= 15 is 0 Å². The number of nitrogens with one attached hydrogen (secondary N) is 1. The van der Waals surface area contributed by atoms with Crippen molar-refractivity contribution in [3.8, 4) is 11.5 Å². The van der Waals surface area contributed by atoms with Gasteiger partial charge < -0.3 is 19.4 Å². The predicted octanol–water partition coefficient (Wildman–Crippen LogP) is 4.61. The van der Waals surface area contributed by atoms with Crippen molar-refractivity contribution in [1.82, 2.24) is 14.8 Å². The van der Waals surface area contributed by atoms with Crippen molar-refractivity contribution < 1.29 is 18.7 Å². The summed E-state index contributed by atoms with van der Waals surface area (Å²) in [4.78, 5) is 12.7. The van der Waals surface area contributed by atoms with Crippen LogP contribution in [0.1, 0.15) is 32.2 Å². The standard InChI is InChI=1S/C22H25FN4O3S/c1-5-19(21(28)24-18-9-7-6-8-17(18)23)31-22-26-25-20(27(22)3)14(2)30-16-12-10-15(29-4)11-13-16/h6-14,19H,5H2,1-4H3,(H,24,28). The minimum absolute atomic E-state index is 0.159. The molecule has 164 valence electrons. The van der Waals surface area contributed by atoms with Crippen molar-refractivity contribution in [1.29, 1.82) is 0 Å². The van der Waals surface area contributed by atoms with Crippen LogP contribution in [0.15, 0.2) is 53.7 Å². The van der Waals surface area contributed by atoms with E-state index < -0.39 is 11.1 Å². The van der Waals surface area contributed by atoms with E-state index in [2.05, 4.69) is 15.5 Å². The third-order valence-corrected chi connectivity index (χ3v) is 6.05. The zero-order chi connectivity index (χ0) is 22.4. The number of hydrogen-bond donors (Lipinski definition) is 1. The van der Waals surface area contributed by atoms with Crippen LogP contribution in [0.5, 0.6) is 11.5 Å². The Balaban J connectivity index is 1.67. The number of hydrogen-bond acceptors (Lipinski definition) is 6. The normalized spacial score (nSPS) is 12.8. The number of benzene rings is 2. The second kappa shape index (κ2) is 10.3. The number of nitrogens with zero attached hydrogens (tertiary/aromatic N) is 3. The molecule has 1 heterocycles. The minimum Gasteiger partial charge on any atom is -0.497 e. The molecule has 0 aliphatic heterocycles. The van der Waals surface area contributed by atoms with Gasteiger partial charge in [-0.15, -0.1) is 10.2 Å². The molecule has 0 saturated carbocycles. The number of halogens is 1. The molecule has 2 aromatic carbocycles. The summed E-state index contributed by atoms with van der Waals surface area (Å²) in [6.07, 6.45) is 0.193. The molecule has 0 aliphatic rings. The van der Waals surface area contributed by atoms with E-state index in [1.54, 1.807) is 23.8 Å². The summed E-state index contributed by atoms with van der Waals surface area (Å²) in [5.41, 5.74) is 0.159. The summed E-state index contributed by atoms with van der Waals surface area (Å²) in [6, 6.07) is 13.4. The first-order valence-electron chi connectivity index (χ1n) is 9.85. The lowest BCUT2D eigenvalue weighted by molar-refractivity contribution is -0.115. The van der Waals surface area contributed by atoms with Crippen molar-refractivity contribution in [2.75, 3.05) is 12.4 Å². The summed E-state index contributed by atoms with van der Waals surface area (Å²) in [6.45, 7) is 3.77. The number of para-hydroxylation sites is 1. The molecule has 9 heteroatoms. The second-order valence-corrected chi connectivity index (χ2v) is 7.99. The van der Waals surface area contributed by atoms with E-state index in [0.29, 0.717) is 23.2 Å². The number of carbonyl (C=O) groups is 1. The number of thioether (sulfide) groups is 1. The van der Waals surface area contributed by atoms with Crippen LogP contribution in [-0.4, -0.2) is 33.0 Å². The van der Waals surface area contributed by atoms with Crippen molar-refractivity contribution in [3.05, 3.63) is 60.2 Å². The molecule has 1 aromatic heterocycles. The molecule has 1 amide bonds. The fourth-order valence-corrected chi connectivity index (χ4v) is 3.85. The highest BCUT2D eigenvalue weighted by atomic mass is 32.2. The molecule has 7 nitrogen and oxygen atoms in total. The third kappa shape index (κ3) is 5.55. The van der Waals surface area contributed by atoms with Crippen molar-refractivity contribution in [2.24, 2.45) is 7.05 Å². The quantitative estimate of drug-likeness (QED) is 0.486. The van der Waals surface area contributed by atoms with Gasteiger partial charge in [0.2, 0.25) is 5.91 Å². The minimum atomic E-state index is -0.471. The van der Waals surface area contributed by atoms with Gasteiger partial charge >= 0.3 is 0 Å². The van der Waals surface area contributed by atoms with Crippen LogP contribution < -0.4 is 14.8 Å². The average molecular weight is 445 g/mol. The summed E-state index contributed by atoms with van der Waals surface area (Å²) < 4.78 is 26.8. The highest BCUT2D eigenvalue weighted by Crippen LogP contribution is 2.28. The number of ether oxygens (including phenoxy) is 2. The molecule has 0 radical (unpaired) electrons. The van der Waals surface area contributed by atoms with Crippen molar-refractivity contribution in [2.45, 2.75) is 36.8 Å². The van der Waals surface area contributed by atoms with Gasteiger partial charge in [-0.1, -0.05) is 30.8 Å². The number of rotatable bonds is 9. The molecule has 31 heavy (non-hydrogen) atoms. The van der Waals surface area contributed by atoms with Crippen LogP contribution in [0, 0.1) is 5.82 Å². The molecule has 3 rings (SSSR count). The largest absolute Gasteiger partial charge is 0.497 e. The molecule has 0 spiro atoms. The maximum Gasteiger partial charge on any atom is 0.238 e. The SMILES string of the molecule is CCC(Sc1nnc(C(C)Oc2ccc(OC)cc2)n1C)C(=O)Nc1ccccc1F. The number of methoxy groups -OCH3 is 1. The smallest absolute Gasteiger partial charge is 0.238 e. The number of anilines is 1. The van der Waals surface area contributed by atoms with E-state index in [9.17, 15) is 9.18 Å². The fraction of sp³-hybridized carbons (Fsp3) is 0.318. The predicted molar refractivity (Wildman–Crippen MR) is 118 cm³/mol. The molecule has 1 N–H and O–H groups in total. The van der Waals surface area contributed by atoms with Gasteiger partial charge in [0, 0.05) is 7.05 Å². The summed E-state index contributed by atoms with van der Waals surface area (Å²) >= 11 is 1.28. The first-order chi connectivity index (χ1) is 14.9. The molecule has 0 aliphatic carbocycles. The van der Waals surface area contributed by atoms with Gasteiger partial charge in [-0.25, -0.2) is 4.39 Å². The zero-order valence-corrected chi connectivity index (χ0v) is 18.6. The first-order valence-corrected chi connectivity index (χ1v) is 10.7. The molecular weight excluding hydrogens is 419 g/mol.